The van der Waals surface area contributed by atoms with Crippen LogP contribution in [0.2, 0.25) is 0 Å². The van der Waals surface area contributed by atoms with Gasteiger partial charge in [-0.2, -0.15) is 5.01 Å². The van der Waals surface area contributed by atoms with Gasteiger partial charge < -0.3 is 9.64 Å². The molecule has 0 radical (unpaired) electrons. The Labute approximate surface area is 175 Å². The minimum absolute atomic E-state index is 0.102. The number of benzene rings is 2. The van der Waals surface area contributed by atoms with Crippen molar-refractivity contribution in [3.8, 4) is 0 Å². The summed E-state index contributed by atoms with van der Waals surface area (Å²) in [6.07, 6.45) is 1.15. The van der Waals surface area contributed by atoms with E-state index in [1.807, 2.05) is 49.3 Å². The SMILES string of the molecule is CC(C)C(=O)N1N=C(c2cc(F)ccc2F)OC1(CCCN(C)C)c1ccccc1. The first-order chi connectivity index (χ1) is 14.2. The molecule has 5 nitrogen and oxygen atoms in total. The van der Waals surface area contributed by atoms with Crippen LogP contribution in [0.5, 0.6) is 0 Å². The number of nitrogens with zero attached hydrogens (tertiary/aromatic N) is 3. The van der Waals surface area contributed by atoms with Crippen molar-refractivity contribution in [2.24, 2.45) is 11.0 Å². The number of rotatable bonds is 7. The minimum Gasteiger partial charge on any atom is -0.443 e. The topological polar surface area (TPSA) is 45.1 Å². The molecular weight excluding hydrogens is 388 g/mol. The van der Waals surface area contributed by atoms with Crippen molar-refractivity contribution in [3.05, 3.63) is 71.3 Å². The number of amides is 1. The third-order valence-corrected chi connectivity index (χ3v) is 5.01. The molecular formula is C23H27F2N3O2. The molecule has 30 heavy (non-hydrogen) atoms. The number of hydrazone groups is 1. The molecule has 0 aliphatic carbocycles. The molecule has 7 heteroatoms. The minimum atomic E-state index is -1.23. The smallest absolute Gasteiger partial charge is 0.249 e. The van der Waals surface area contributed by atoms with Gasteiger partial charge in [-0.25, -0.2) is 8.78 Å². The molecule has 0 fully saturated rings. The Balaban J connectivity index is 2.11. The molecule has 2 aromatic rings. The van der Waals surface area contributed by atoms with Gasteiger partial charge in [-0.15, -0.1) is 5.10 Å². The predicted molar refractivity (Wildman–Crippen MR) is 112 cm³/mol. The van der Waals surface area contributed by atoms with Gasteiger partial charge in [0, 0.05) is 17.9 Å². The van der Waals surface area contributed by atoms with Crippen LogP contribution in [0.15, 0.2) is 53.6 Å². The highest BCUT2D eigenvalue weighted by Gasteiger charge is 2.50. The predicted octanol–water partition coefficient (Wildman–Crippen LogP) is 4.34. The standard InChI is InChI=1S/C23H27F2N3O2/c1-16(2)22(29)28-23(13-8-14-27(3)4,17-9-6-5-7-10-17)30-21(26-28)19-15-18(24)11-12-20(19)25/h5-7,9-12,15-16H,8,13-14H2,1-4H3. The van der Waals surface area contributed by atoms with Crippen molar-refractivity contribution in [1.82, 2.24) is 9.91 Å². The van der Waals surface area contributed by atoms with Crippen LogP contribution in [0, 0.1) is 17.6 Å². The molecule has 0 spiro atoms. The van der Waals surface area contributed by atoms with Gasteiger partial charge >= 0.3 is 0 Å². The first-order valence-corrected chi connectivity index (χ1v) is 10.0. The Morgan fingerprint density at radius 3 is 2.50 bits per heavy atom. The summed E-state index contributed by atoms with van der Waals surface area (Å²) in [5.41, 5.74) is -0.609. The molecule has 1 heterocycles. The summed E-state index contributed by atoms with van der Waals surface area (Å²) in [5.74, 6) is -1.98. The van der Waals surface area contributed by atoms with Gasteiger partial charge in [0.25, 0.3) is 0 Å². The normalized spacial score (nSPS) is 18.7. The molecule has 160 valence electrons. The number of carbonyl (C=O) groups excluding carboxylic acids is 1. The summed E-state index contributed by atoms with van der Waals surface area (Å²) < 4.78 is 34.6. The number of ether oxygens (including phenoxy) is 1. The molecule has 1 unspecified atom stereocenters. The lowest BCUT2D eigenvalue weighted by Crippen LogP contribution is -2.46. The van der Waals surface area contributed by atoms with Crippen molar-refractivity contribution in [3.63, 3.8) is 0 Å². The number of carbonyl (C=O) groups is 1. The number of halogens is 2. The summed E-state index contributed by atoms with van der Waals surface area (Å²) in [5, 5.41) is 5.67. The van der Waals surface area contributed by atoms with E-state index in [2.05, 4.69) is 5.10 Å². The zero-order valence-corrected chi connectivity index (χ0v) is 17.7. The van der Waals surface area contributed by atoms with E-state index in [-0.39, 0.29) is 23.3 Å². The van der Waals surface area contributed by atoms with Crippen molar-refractivity contribution in [1.29, 1.82) is 0 Å². The van der Waals surface area contributed by atoms with Crippen LogP contribution < -0.4 is 0 Å². The fraction of sp³-hybridized carbons (Fsp3) is 0.391. The highest BCUT2D eigenvalue weighted by atomic mass is 19.1. The lowest BCUT2D eigenvalue weighted by atomic mass is 9.95. The molecule has 0 saturated heterocycles. The average Bonchev–Trinajstić information content (AvgIpc) is 3.10. The second-order valence-electron chi connectivity index (χ2n) is 7.99. The summed E-state index contributed by atoms with van der Waals surface area (Å²) in [4.78, 5) is 15.2. The van der Waals surface area contributed by atoms with E-state index in [0.717, 1.165) is 30.3 Å². The highest BCUT2D eigenvalue weighted by molar-refractivity contribution is 5.97. The van der Waals surface area contributed by atoms with Gasteiger partial charge in [-0.3, -0.25) is 4.79 Å². The van der Waals surface area contributed by atoms with E-state index < -0.39 is 17.4 Å². The van der Waals surface area contributed by atoms with Crippen LogP contribution in [0.4, 0.5) is 8.78 Å². The molecule has 0 N–H and O–H groups in total. The molecule has 1 amide bonds. The fourth-order valence-electron chi connectivity index (χ4n) is 3.45. The fourth-order valence-corrected chi connectivity index (χ4v) is 3.45. The van der Waals surface area contributed by atoms with E-state index in [0.29, 0.717) is 12.8 Å². The number of hydrogen-bond acceptors (Lipinski definition) is 4. The van der Waals surface area contributed by atoms with Crippen LogP contribution in [0.3, 0.4) is 0 Å². The molecule has 2 aromatic carbocycles. The quantitative estimate of drug-likeness (QED) is 0.676. The maximum absolute atomic E-state index is 14.5. The monoisotopic (exact) mass is 415 g/mol. The molecule has 0 aromatic heterocycles. The van der Waals surface area contributed by atoms with Crippen molar-refractivity contribution < 1.29 is 18.3 Å². The van der Waals surface area contributed by atoms with E-state index in [4.69, 9.17) is 4.74 Å². The van der Waals surface area contributed by atoms with Crippen molar-refractivity contribution in [2.75, 3.05) is 20.6 Å². The van der Waals surface area contributed by atoms with Gasteiger partial charge in [-0.05, 0) is 45.3 Å². The van der Waals surface area contributed by atoms with E-state index >= 15 is 0 Å². The number of hydrogen-bond donors (Lipinski definition) is 0. The second kappa shape index (κ2) is 8.92. The Morgan fingerprint density at radius 1 is 1.17 bits per heavy atom. The van der Waals surface area contributed by atoms with Gasteiger partial charge in [0.1, 0.15) is 11.6 Å². The van der Waals surface area contributed by atoms with Crippen LogP contribution in [0.25, 0.3) is 0 Å². The molecule has 1 atom stereocenters. The first-order valence-electron chi connectivity index (χ1n) is 10.0. The molecule has 0 saturated carbocycles. The second-order valence-corrected chi connectivity index (χ2v) is 7.99. The molecule has 1 aliphatic rings. The third kappa shape index (κ3) is 4.36. The van der Waals surface area contributed by atoms with E-state index in [1.54, 1.807) is 13.8 Å². The Morgan fingerprint density at radius 2 is 1.87 bits per heavy atom. The van der Waals surface area contributed by atoms with Crippen molar-refractivity contribution in [2.45, 2.75) is 32.4 Å². The zero-order chi connectivity index (χ0) is 21.9. The average molecular weight is 415 g/mol. The first kappa shape index (κ1) is 21.9. The third-order valence-electron chi connectivity index (χ3n) is 5.01. The maximum Gasteiger partial charge on any atom is 0.249 e. The summed E-state index contributed by atoms with van der Waals surface area (Å²) in [7, 11) is 3.93. The molecule has 1 aliphatic heterocycles. The van der Waals surface area contributed by atoms with Crippen LogP contribution >= 0.6 is 0 Å². The summed E-state index contributed by atoms with van der Waals surface area (Å²) in [6.45, 7) is 4.31. The van der Waals surface area contributed by atoms with Gasteiger partial charge in [0.05, 0.1) is 5.56 Å². The van der Waals surface area contributed by atoms with E-state index in [9.17, 15) is 13.6 Å². The van der Waals surface area contributed by atoms with Crippen LogP contribution in [-0.2, 0) is 15.3 Å². The highest BCUT2D eigenvalue weighted by Crippen LogP contribution is 2.41. The van der Waals surface area contributed by atoms with Crippen LogP contribution in [-0.4, -0.2) is 42.4 Å². The molecule has 0 bridgehead atoms. The summed E-state index contributed by atoms with van der Waals surface area (Å²) in [6, 6.07) is 12.4. The largest absolute Gasteiger partial charge is 0.443 e. The van der Waals surface area contributed by atoms with Gasteiger partial charge in [0.2, 0.25) is 17.5 Å². The summed E-state index contributed by atoms with van der Waals surface area (Å²) >= 11 is 0. The Hall–Kier alpha value is -2.80. The van der Waals surface area contributed by atoms with Gasteiger partial charge in [-0.1, -0.05) is 44.2 Å². The Bertz CT molecular complexity index is 931. The molecule has 3 rings (SSSR count). The zero-order valence-electron chi connectivity index (χ0n) is 17.7. The van der Waals surface area contributed by atoms with Crippen LogP contribution in [0.1, 0.15) is 37.8 Å². The lowest BCUT2D eigenvalue weighted by molar-refractivity contribution is -0.156. The van der Waals surface area contributed by atoms with Gasteiger partial charge in [0.15, 0.2) is 0 Å². The lowest BCUT2D eigenvalue weighted by Gasteiger charge is -2.36. The Kier molecular flexibility index (Phi) is 6.51. The maximum atomic E-state index is 14.5. The van der Waals surface area contributed by atoms with E-state index in [1.165, 1.54) is 5.01 Å². The van der Waals surface area contributed by atoms with Crippen molar-refractivity contribution >= 4 is 11.8 Å².